The summed E-state index contributed by atoms with van der Waals surface area (Å²) in [6.07, 6.45) is -1.33. The monoisotopic (exact) mass is 483 g/mol. The zero-order valence-electron chi connectivity index (χ0n) is 19.6. The van der Waals surface area contributed by atoms with Gasteiger partial charge >= 0.3 is 6.18 Å². The standard InChI is InChI=1S/C30H24F3N3/c1-2-5-29(35)36-25-15-9-20(10-16-25)8-11-23(19-28(34)30(31,32)33)22-14-17-27-24(18-22)13-12-21-6-3-4-7-26(21)27/h3-7,9-10,12-19,34,36H,2,35H2,1H3/b23-19+,29-5+,34-28?. The fourth-order valence-corrected chi connectivity index (χ4v) is 3.81. The van der Waals surface area contributed by atoms with Crippen molar-refractivity contribution in [3.05, 3.63) is 108 Å². The highest BCUT2D eigenvalue weighted by Crippen LogP contribution is 2.29. The molecule has 4 N–H and O–H groups in total. The molecule has 0 atom stereocenters. The Morgan fingerprint density at radius 3 is 2.36 bits per heavy atom. The molecule has 0 fully saturated rings. The number of fused-ring (bicyclic) bond motifs is 3. The molecule has 4 aromatic carbocycles. The van der Waals surface area contributed by atoms with Crippen LogP contribution in [-0.2, 0) is 0 Å². The predicted octanol–water partition coefficient (Wildman–Crippen LogP) is 7.63. The maximum absolute atomic E-state index is 13.2. The lowest BCUT2D eigenvalue weighted by Crippen LogP contribution is -2.19. The van der Waals surface area contributed by atoms with E-state index < -0.39 is 11.9 Å². The van der Waals surface area contributed by atoms with Crippen molar-refractivity contribution < 1.29 is 13.2 Å². The normalized spacial score (nSPS) is 12.3. The molecule has 0 unspecified atom stereocenters. The van der Waals surface area contributed by atoms with Gasteiger partial charge in [0, 0.05) is 16.8 Å². The number of allylic oxidation sites excluding steroid dienone is 3. The molecule has 0 aliphatic heterocycles. The maximum Gasteiger partial charge on any atom is 0.432 e. The Balaban J connectivity index is 1.72. The molecule has 0 aromatic heterocycles. The second-order valence-corrected chi connectivity index (χ2v) is 8.21. The first-order valence-corrected chi connectivity index (χ1v) is 11.4. The van der Waals surface area contributed by atoms with Gasteiger partial charge in [0.2, 0.25) is 0 Å². The average Bonchev–Trinajstić information content (AvgIpc) is 2.86. The number of rotatable bonds is 5. The van der Waals surface area contributed by atoms with Crippen LogP contribution in [0.15, 0.2) is 96.8 Å². The summed E-state index contributed by atoms with van der Waals surface area (Å²) >= 11 is 0. The van der Waals surface area contributed by atoms with Crippen molar-refractivity contribution in [2.75, 3.05) is 5.32 Å². The molecular formula is C30H24F3N3. The first kappa shape index (κ1) is 24.6. The Hall–Kier alpha value is -4.50. The molecule has 0 spiro atoms. The van der Waals surface area contributed by atoms with Crippen molar-refractivity contribution in [3.63, 3.8) is 0 Å². The van der Waals surface area contributed by atoms with Crippen molar-refractivity contribution in [2.24, 2.45) is 5.73 Å². The number of nitrogens with two attached hydrogens (primary N) is 1. The molecular weight excluding hydrogens is 459 g/mol. The van der Waals surface area contributed by atoms with Crippen LogP contribution in [0.5, 0.6) is 0 Å². The van der Waals surface area contributed by atoms with Crippen molar-refractivity contribution in [3.8, 4) is 11.8 Å². The Bertz CT molecular complexity index is 1550. The van der Waals surface area contributed by atoms with Crippen LogP contribution in [0, 0.1) is 17.3 Å². The third-order valence-electron chi connectivity index (χ3n) is 5.59. The van der Waals surface area contributed by atoms with Crippen LogP contribution in [0.3, 0.4) is 0 Å². The molecule has 0 heterocycles. The number of hydrogen-bond acceptors (Lipinski definition) is 3. The Kier molecular flexibility index (Phi) is 7.12. The summed E-state index contributed by atoms with van der Waals surface area (Å²) < 4.78 is 39.5. The SMILES string of the molecule is CC/C=C(\N)Nc1ccc(C#C/C(=C\C(=N)C(F)(F)F)c2ccc3c(ccc4ccccc43)c2)cc1. The Labute approximate surface area is 207 Å². The zero-order chi connectivity index (χ0) is 25.7. The van der Waals surface area contributed by atoms with Gasteiger partial charge in [-0.3, -0.25) is 5.41 Å². The van der Waals surface area contributed by atoms with E-state index in [4.69, 9.17) is 11.1 Å². The molecule has 36 heavy (non-hydrogen) atoms. The average molecular weight is 484 g/mol. The molecule has 0 aliphatic carbocycles. The van der Waals surface area contributed by atoms with Crippen LogP contribution in [0.4, 0.5) is 18.9 Å². The van der Waals surface area contributed by atoms with E-state index in [-0.39, 0.29) is 5.57 Å². The quantitative estimate of drug-likeness (QED) is 0.155. The second-order valence-electron chi connectivity index (χ2n) is 8.21. The lowest BCUT2D eigenvalue weighted by atomic mass is 9.96. The van der Waals surface area contributed by atoms with Gasteiger partial charge in [0.05, 0.1) is 5.82 Å². The molecule has 4 rings (SSSR count). The van der Waals surface area contributed by atoms with Gasteiger partial charge in [-0.1, -0.05) is 67.3 Å². The van der Waals surface area contributed by atoms with Crippen molar-refractivity contribution in [2.45, 2.75) is 19.5 Å². The Morgan fingerprint density at radius 2 is 1.64 bits per heavy atom. The molecule has 180 valence electrons. The molecule has 0 saturated heterocycles. The van der Waals surface area contributed by atoms with E-state index in [1.54, 1.807) is 30.3 Å². The molecule has 0 amide bonds. The van der Waals surface area contributed by atoms with Crippen LogP contribution in [0.1, 0.15) is 24.5 Å². The maximum atomic E-state index is 13.2. The van der Waals surface area contributed by atoms with Gasteiger partial charge in [-0.2, -0.15) is 13.2 Å². The van der Waals surface area contributed by atoms with E-state index in [0.29, 0.717) is 16.9 Å². The highest BCUT2D eigenvalue weighted by Gasteiger charge is 2.32. The topological polar surface area (TPSA) is 61.9 Å². The van der Waals surface area contributed by atoms with Gasteiger partial charge in [0.15, 0.2) is 0 Å². The number of alkyl halides is 3. The first-order chi connectivity index (χ1) is 17.2. The highest BCUT2D eigenvalue weighted by molar-refractivity contribution is 6.10. The zero-order valence-corrected chi connectivity index (χ0v) is 19.6. The molecule has 0 radical (unpaired) electrons. The summed E-state index contributed by atoms with van der Waals surface area (Å²) in [7, 11) is 0. The van der Waals surface area contributed by atoms with Gasteiger partial charge in [0.25, 0.3) is 0 Å². The van der Waals surface area contributed by atoms with Crippen molar-refractivity contribution >= 4 is 38.5 Å². The van der Waals surface area contributed by atoms with Crippen LogP contribution < -0.4 is 11.1 Å². The number of halogens is 3. The van der Waals surface area contributed by atoms with E-state index in [0.717, 1.165) is 39.7 Å². The molecule has 0 bridgehead atoms. The molecule has 3 nitrogen and oxygen atoms in total. The van der Waals surface area contributed by atoms with Crippen molar-refractivity contribution in [1.82, 2.24) is 0 Å². The van der Waals surface area contributed by atoms with Crippen LogP contribution in [0.25, 0.3) is 27.1 Å². The summed E-state index contributed by atoms with van der Waals surface area (Å²) in [5.41, 5.74) is 6.44. The lowest BCUT2D eigenvalue weighted by molar-refractivity contribution is -0.0583. The fraction of sp³-hybridized carbons (Fsp3) is 0.100. The lowest BCUT2D eigenvalue weighted by Gasteiger charge is -2.09. The van der Waals surface area contributed by atoms with E-state index in [9.17, 15) is 13.2 Å². The minimum atomic E-state index is -4.76. The molecule has 0 aliphatic rings. The van der Waals surface area contributed by atoms with E-state index in [2.05, 4.69) is 17.2 Å². The minimum absolute atomic E-state index is 0.115. The van der Waals surface area contributed by atoms with Gasteiger partial charge in [-0.15, -0.1) is 0 Å². The predicted molar refractivity (Wildman–Crippen MR) is 143 cm³/mol. The van der Waals surface area contributed by atoms with E-state index in [1.807, 2.05) is 61.5 Å². The number of benzene rings is 4. The van der Waals surface area contributed by atoms with Crippen molar-refractivity contribution in [1.29, 1.82) is 5.41 Å². The van der Waals surface area contributed by atoms with E-state index >= 15 is 0 Å². The summed E-state index contributed by atoms with van der Waals surface area (Å²) in [4.78, 5) is 0. The summed E-state index contributed by atoms with van der Waals surface area (Å²) in [5.74, 6) is 6.32. The molecule has 4 aromatic rings. The largest absolute Gasteiger partial charge is 0.432 e. The first-order valence-electron chi connectivity index (χ1n) is 11.4. The van der Waals surface area contributed by atoms with Gasteiger partial charge in [0.1, 0.15) is 5.71 Å². The third kappa shape index (κ3) is 5.76. The van der Waals surface area contributed by atoms with Crippen LogP contribution in [-0.4, -0.2) is 11.9 Å². The number of hydrogen-bond donors (Lipinski definition) is 3. The van der Waals surface area contributed by atoms with E-state index in [1.165, 1.54) is 0 Å². The fourth-order valence-electron chi connectivity index (χ4n) is 3.81. The van der Waals surface area contributed by atoms with Crippen LogP contribution in [0.2, 0.25) is 0 Å². The second kappa shape index (κ2) is 10.4. The number of anilines is 1. The summed E-state index contributed by atoms with van der Waals surface area (Å²) in [6, 6.07) is 24.4. The molecule has 0 saturated carbocycles. The highest BCUT2D eigenvalue weighted by atomic mass is 19.4. The van der Waals surface area contributed by atoms with Gasteiger partial charge in [-0.25, -0.2) is 0 Å². The van der Waals surface area contributed by atoms with Gasteiger partial charge < -0.3 is 11.1 Å². The van der Waals surface area contributed by atoms with Crippen LogP contribution >= 0.6 is 0 Å². The van der Waals surface area contributed by atoms with Gasteiger partial charge in [-0.05, 0) is 76.0 Å². The third-order valence-corrected chi connectivity index (χ3v) is 5.59. The summed E-state index contributed by atoms with van der Waals surface area (Å²) in [5, 5.41) is 14.6. The smallest absolute Gasteiger partial charge is 0.386 e. The Morgan fingerprint density at radius 1 is 0.944 bits per heavy atom. The minimum Gasteiger partial charge on any atom is -0.386 e. The summed E-state index contributed by atoms with van der Waals surface area (Å²) in [6.45, 7) is 1.98. The molecule has 6 heteroatoms. The number of nitrogens with one attached hydrogen (secondary N) is 2.